The first-order valence-corrected chi connectivity index (χ1v) is 3.33. The standard InChI is InChI=1S/C6H10F2N2O/c1-10-3-4(2-9)6(7,8)5(10)11/h4H,2-3,9H2,1H3/t4-/m0/s1. The zero-order valence-corrected chi connectivity index (χ0v) is 6.18. The van der Waals surface area contributed by atoms with Gasteiger partial charge in [-0.2, -0.15) is 8.78 Å². The molecule has 64 valence electrons. The van der Waals surface area contributed by atoms with Gasteiger partial charge in [-0.1, -0.05) is 0 Å². The fourth-order valence-electron chi connectivity index (χ4n) is 1.18. The minimum absolute atomic E-state index is 0.0579. The van der Waals surface area contributed by atoms with Gasteiger partial charge in [-0.25, -0.2) is 0 Å². The quantitative estimate of drug-likeness (QED) is 0.576. The highest BCUT2D eigenvalue weighted by Crippen LogP contribution is 2.32. The van der Waals surface area contributed by atoms with Crippen LogP contribution in [0, 0.1) is 5.92 Å². The fraction of sp³-hybridized carbons (Fsp3) is 0.833. The van der Waals surface area contributed by atoms with Gasteiger partial charge in [0, 0.05) is 20.1 Å². The summed E-state index contributed by atoms with van der Waals surface area (Å²) in [6.07, 6.45) is 0. The zero-order chi connectivity index (χ0) is 8.65. The Balaban J connectivity index is 2.82. The monoisotopic (exact) mass is 164 g/mol. The predicted molar refractivity (Wildman–Crippen MR) is 35.1 cm³/mol. The molecule has 1 rings (SSSR count). The Kier molecular flexibility index (Phi) is 1.83. The molecule has 2 N–H and O–H groups in total. The molecule has 0 radical (unpaired) electrons. The van der Waals surface area contributed by atoms with Gasteiger partial charge in [-0.15, -0.1) is 0 Å². The van der Waals surface area contributed by atoms with Crippen molar-refractivity contribution < 1.29 is 13.6 Å². The second-order valence-corrected chi connectivity index (χ2v) is 2.74. The molecule has 0 saturated carbocycles. The number of nitrogens with zero attached hydrogens (tertiary/aromatic N) is 1. The lowest BCUT2D eigenvalue weighted by Gasteiger charge is -2.12. The van der Waals surface area contributed by atoms with Crippen LogP contribution < -0.4 is 5.73 Å². The summed E-state index contributed by atoms with van der Waals surface area (Å²) < 4.78 is 25.6. The van der Waals surface area contributed by atoms with E-state index in [4.69, 9.17) is 5.73 Å². The molecule has 0 aliphatic carbocycles. The van der Waals surface area contributed by atoms with E-state index in [2.05, 4.69) is 0 Å². The van der Waals surface area contributed by atoms with Crippen LogP contribution in [-0.4, -0.2) is 36.9 Å². The molecule has 1 aliphatic heterocycles. The van der Waals surface area contributed by atoms with E-state index in [0.717, 1.165) is 4.90 Å². The van der Waals surface area contributed by atoms with Crippen LogP contribution >= 0.6 is 0 Å². The molecule has 1 saturated heterocycles. The summed E-state index contributed by atoms with van der Waals surface area (Å²) in [5.41, 5.74) is 5.07. The highest BCUT2D eigenvalue weighted by Gasteiger charge is 2.54. The molecule has 1 atom stereocenters. The van der Waals surface area contributed by atoms with E-state index in [1.807, 2.05) is 0 Å². The number of carbonyl (C=O) groups excluding carboxylic acids is 1. The molecule has 5 heteroatoms. The summed E-state index contributed by atoms with van der Waals surface area (Å²) in [5, 5.41) is 0. The predicted octanol–water partition coefficient (Wildman–Crippen LogP) is -0.331. The Morgan fingerprint density at radius 1 is 1.82 bits per heavy atom. The van der Waals surface area contributed by atoms with Crippen LogP contribution in [0.4, 0.5) is 8.78 Å². The number of hydrogen-bond acceptors (Lipinski definition) is 2. The third-order valence-electron chi connectivity index (χ3n) is 1.92. The fourth-order valence-corrected chi connectivity index (χ4v) is 1.18. The summed E-state index contributed by atoms with van der Waals surface area (Å²) >= 11 is 0. The topological polar surface area (TPSA) is 46.3 Å². The van der Waals surface area contributed by atoms with E-state index in [1.165, 1.54) is 7.05 Å². The van der Waals surface area contributed by atoms with Gasteiger partial charge in [0.05, 0.1) is 5.92 Å². The van der Waals surface area contributed by atoms with E-state index in [9.17, 15) is 13.6 Å². The Hall–Kier alpha value is -0.710. The number of likely N-dealkylation sites (tertiary alicyclic amines) is 1. The minimum Gasteiger partial charge on any atom is -0.340 e. The Morgan fingerprint density at radius 3 is 2.55 bits per heavy atom. The van der Waals surface area contributed by atoms with Crippen LogP contribution in [0.25, 0.3) is 0 Å². The maximum atomic E-state index is 12.8. The van der Waals surface area contributed by atoms with Crippen molar-refractivity contribution >= 4 is 5.91 Å². The molecule has 1 aliphatic rings. The first-order chi connectivity index (χ1) is 5.00. The van der Waals surface area contributed by atoms with E-state index in [-0.39, 0.29) is 13.1 Å². The van der Waals surface area contributed by atoms with Gasteiger partial charge in [-0.05, 0) is 0 Å². The highest BCUT2D eigenvalue weighted by atomic mass is 19.3. The molecule has 1 amide bonds. The first kappa shape index (κ1) is 8.39. The van der Waals surface area contributed by atoms with Gasteiger partial charge in [-0.3, -0.25) is 4.79 Å². The Morgan fingerprint density at radius 2 is 2.36 bits per heavy atom. The number of rotatable bonds is 1. The van der Waals surface area contributed by atoms with Crippen molar-refractivity contribution in [1.29, 1.82) is 0 Å². The van der Waals surface area contributed by atoms with Gasteiger partial charge >= 0.3 is 5.92 Å². The van der Waals surface area contributed by atoms with Crippen LogP contribution in [0.3, 0.4) is 0 Å². The van der Waals surface area contributed by atoms with Crippen LogP contribution in [0.1, 0.15) is 0 Å². The van der Waals surface area contributed by atoms with Crippen molar-refractivity contribution in [2.24, 2.45) is 11.7 Å². The number of halogens is 2. The van der Waals surface area contributed by atoms with Crippen LogP contribution in [0.5, 0.6) is 0 Å². The lowest BCUT2D eigenvalue weighted by atomic mass is 10.1. The van der Waals surface area contributed by atoms with Crippen molar-refractivity contribution in [3.63, 3.8) is 0 Å². The van der Waals surface area contributed by atoms with Crippen LogP contribution in [0.15, 0.2) is 0 Å². The molecular weight excluding hydrogens is 154 g/mol. The number of nitrogens with two attached hydrogens (primary N) is 1. The van der Waals surface area contributed by atoms with Gasteiger partial charge in [0.15, 0.2) is 0 Å². The summed E-state index contributed by atoms with van der Waals surface area (Å²) in [4.78, 5) is 11.7. The van der Waals surface area contributed by atoms with E-state index < -0.39 is 17.7 Å². The summed E-state index contributed by atoms with van der Waals surface area (Å²) in [6.45, 7) is -0.0919. The average Bonchev–Trinajstić information content (AvgIpc) is 2.13. The smallest absolute Gasteiger partial charge is 0.330 e. The van der Waals surface area contributed by atoms with E-state index >= 15 is 0 Å². The van der Waals surface area contributed by atoms with Crippen molar-refractivity contribution in [2.45, 2.75) is 5.92 Å². The van der Waals surface area contributed by atoms with Crippen molar-refractivity contribution in [1.82, 2.24) is 4.90 Å². The lowest BCUT2D eigenvalue weighted by Crippen LogP contribution is -2.36. The number of hydrogen-bond donors (Lipinski definition) is 1. The average molecular weight is 164 g/mol. The van der Waals surface area contributed by atoms with Crippen molar-refractivity contribution in [3.05, 3.63) is 0 Å². The molecule has 11 heavy (non-hydrogen) atoms. The SMILES string of the molecule is CN1C[C@H](CN)C(F)(F)C1=O. The molecule has 0 unspecified atom stereocenters. The molecule has 1 fully saturated rings. The van der Waals surface area contributed by atoms with Gasteiger partial charge < -0.3 is 10.6 Å². The van der Waals surface area contributed by atoms with Crippen LogP contribution in [0.2, 0.25) is 0 Å². The van der Waals surface area contributed by atoms with Gasteiger partial charge in [0.2, 0.25) is 0 Å². The zero-order valence-electron chi connectivity index (χ0n) is 6.18. The third-order valence-corrected chi connectivity index (χ3v) is 1.92. The van der Waals surface area contributed by atoms with Gasteiger partial charge in [0.25, 0.3) is 5.91 Å². The molecule has 0 aromatic rings. The third kappa shape index (κ3) is 1.09. The highest BCUT2D eigenvalue weighted by molar-refractivity contribution is 5.85. The van der Waals surface area contributed by atoms with Gasteiger partial charge in [0.1, 0.15) is 0 Å². The Bertz CT molecular complexity index is 183. The second kappa shape index (κ2) is 2.41. The molecule has 0 spiro atoms. The lowest BCUT2D eigenvalue weighted by molar-refractivity contribution is -0.150. The number of alkyl halides is 2. The summed E-state index contributed by atoms with van der Waals surface area (Å²) in [5.74, 6) is -5.38. The number of carbonyl (C=O) groups is 1. The molecule has 0 aromatic carbocycles. The maximum Gasteiger partial charge on any atom is 0.330 e. The minimum atomic E-state index is -3.25. The first-order valence-electron chi connectivity index (χ1n) is 3.33. The van der Waals surface area contributed by atoms with Crippen LogP contribution in [-0.2, 0) is 4.79 Å². The summed E-state index contributed by atoms with van der Waals surface area (Å²) in [6, 6.07) is 0. The normalized spacial score (nSPS) is 29.6. The largest absolute Gasteiger partial charge is 0.340 e. The molecule has 3 nitrogen and oxygen atoms in total. The molecule has 0 aromatic heterocycles. The molecule has 0 bridgehead atoms. The summed E-state index contributed by atoms with van der Waals surface area (Å²) in [7, 11) is 1.35. The number of amides is 1. The van der Waals surface area contributed by atoms with E-state index in [0.29, 0.717) is 0 Å². The molecular formula is C6H10F2N2O. The Labute approximate surface area is 63.2 Å². The molecule has 1 heterocycles. The second-order valence-electron chi connectivity index (χ2n) is 2.74. The maximum absolute atomic E-state index is 12.8. The van der Waals surface area contributed by atoms with Crippen molar-refractivity contribution in [3.8, 4) is 0 Å². The van der Waals surface area contributed by atoms with Crippen molar-refractivity contribution in [2.75, 3.05) is 20.1 Å². The van der Waals surface area contributed by atoms with E-state index in [1.54, 1.807) is 0 Å².